The van der Waals surface area contributed by atoms with Gasteiger partial charge in [-0.15, -0.1) is 0 Å². The van der Waals surface area contributed by atoms with Crippen LogP contribution in [0.5, 0.6) is 5.75 Å². The Hall–Kier alpha value is -4.30. The van der Waals surface area contributed by atoms with Crippen LogP contribution in [-0.2, 0) is 15.8 Å². The minimum Gasteiger partial charge on any atom is -0.494 e. The lowest BCUT2D eigenvalue weighted by molar-refractivity contribution is -0.384. The maximum absolute atomic E-state index is 13.3. The van der Waals surface area contributed by atoms with Gasteiger partial charge in [0, 0.05) is 36.3 Å². The van der Waals surface area contributed by atoms with E-state index in [2.05, 4.69) is 15.6 Å². The number of ether oxygens (including phenoxy) is 1. The third-order valence-corrected chi connectivity index (χ3v) is 7.69. The van der Waals surface area contributed by atoms with E-state index in [-0.39, 0.29) is 30.4 Å². The summed E-state index contributed by atoms with van der Waals surface area (Å²) in [5, 5.41) is 16.9. The average molecular weight is 650 g/mol. The Morgan fingerprint density at radius 1 is 1.16 bits per heavy atom. The van der Waals surface area contributed by atoms with Gasteiger partial charge in [0.05, 0.1) is 22.8 Å². The van der Waals surface area contributed by atoms with Crippen LogP contribution in [0.15, 0.2) is 71.7 Å². The predicted octanol–water partition coefficient (Wildman–Crippen LogP) is 7.13. The number of amidine groups is 1. The van der Waals surface area contributed by atoms with Crippen LogP contribution >= 0.6 is 23.4 Å². The van der Waals surface area contributed by atoms with Crippen LogP contribution < -0.4 is 15.4 Å². The number of carbonyl (C=O) groups is 2. The lowest BCUT2D eigenvalue weighted by atomic mass is 10.1. The highest BCUT2D eigenvalue weighted by Crippen LogP contribution is 2.35. The molecule has 0 radical (unpaired) electrons. The van der Waals surface area contributed by atoms with Gasteiger partial charge in [-0.05, 0) is 67.1 Å². The van der Waals surface area contributed by atoms with E-state index < -0.39 is 39.4 Å². The number of rotatable bonds is 11. The number of carbonyl (C=O) groups excluding carboxylic acids is 2. The molecule has 1 unspecified atom stereocenters. The second-order valence-electron chi connectivity index (χ2n) is 9.50. The Morgan fingerprint density at radius 3 is 2.50 bits per heavy atom. The fraction of sp³-hybridized carbons (Fsp3) is 0.276. The van der Waals surface area contributed by atoms with E-state index in [9.17, 15) is 32.9 Å². The summed E-state index contributed by atoms with van der Waals surface area (Å²) in [5.41, 5.74) is -1.06. The number of hydrogen-bond acceptors (Lipinski definition) is 8. The third-order valence-electron chi connectivity index (χ3n) is 6.25. The lowest BCUT2D eigenvalue weighted by Crippen LogP contribution is -2.46. The first-order valence-corrected chi connectivity index (χ1v) is 14.6. The van der Waals surface area contributed by atoms with Crippen molar-refractivity contribution in [2.24, 2.45) is 4.99 Å². The van der Waals surface area contributed by atoms with Crippen LogP contribution in [0.4, 0.5) is 35.9 Å². The summed E-state index contributed by atoms with van der Waals surface area (Å²) in [6, 6.07) is 15.5. The second-order valence-corrected chi connectivity index (χ2v) is 11.1. The maximum atomic E-state index is 13.3. The number of nitrogens with one attached hydrogen (secondary N) is 2. The first-order chi connectivity index (χ1) is 20.9. The van der Waals surface area contributed by atoms with E-state index in [1.54, 1.807) is 48.5 Å². The summed E-state index contributed by atoms with van der Waals surface area (Å²) >= 11 is 7.05. The molecule has 0 bridgehead atoms. The Labute approximate surface area is 259 Å². The summed E-state index contributed by atoms with van der Waals surface area (Å²) in [4.78, 5) is 42.8. The number of alkyl halides is 3. The lowest BCUT2D eigenvalue weighted by Gasteiger charge is -2.32. The molecule has 1 aliphatic heterocycles. The van der Waals surface area contributed by atoms with E-state index in [0.29, 0.717) is 34.8 Å². The van der Waals surface area contributed by atoms with Crippen molar-refractivity contribution in [3.63, 3.8) is 0 Å². The molecule has 10 nitrogen and oxygen atoms in total. The second kappa shape index (κ2) is 14.4. The number of nitro groups is 1. The number of nitro benzene ring substituents is 1. The molecule has 3 aromatic carbocycles. The zero-order valence-electron chi connectivity index (χ0n) is 23.3. The van der Waals surface area contributed by atoms with Crippen molar-refractivity contribution in [1.29, 1.82) is 0 Å². The van der Waals surface area contributed by atoms with Gasteiger partial charge in [0.25, 0.3) is 5.69 Å². The van der Waals surface area contributed by atoms with Gasteiger partial charge in [-0.2, -0.15) is 13.2 Å². The van der Waals surface area contributed by atoms with Crippen molar-refractivity contribution in [1.82, 2.24) is 4.90 Å². The van der Waals surface area contributed by atoms with Gasteiger partial charge in [0.15, 0.2) is 5.17 Å². The minimum absolute atomic E-state index is 0.0377. The van der Waals surface area contributed by atoms with Crippen molar-refractivity contribution in [2.45, 2.75) is 31.2 Å². The van der Waals surface area contributed by atoms with E-state index in [4.69, 9.17) is 16.3 Å². The summed E-state index contributed by atoms with van der Waals surface area (Å²) in [6.07, 6.45) is -4.05. The molecular formula is C29H27ClF3N5O5S. The van der Waals surface area contributed by atoms with Crippen LogP contribution in [0, 0.1) is 10.1 Å². The van der Waals surface area contributed by atoms with Gasteiger partial charge < -0.3 is 15.4 Å². The van der Waals surface area contributed by atoms with Gasteiger partial charge in [0.2, 0.25) is 11.8 Å². The summed E-state index contributed by atoms with van der Waals surface area (Å²) in [6.45, 7) is 2.46. The Balaban J connectivity index is 1.49. The number of thioether (sulfide) groups is 1. The topological polar surface area (TPSA) is 126 Å². The Morgan fingerprint density at radius 2 is 1.86 bits per heavy atom. The summed E-state index contributed by atoms with van der Waals surface area (Å²) in [7, 11) is 0. The number of nitrogens with zero attached hydrogens (tertiary/aromatic N) is 3. The molecule has 0 aliphatic carbocycles. The van der Waals surface area contributed by atoms with E-state index >= 15 is 0 Å². The number of aliphatic imine (C=N–C) groups is 1. The molecule has 1 saturated heterocycles. The Kier molecular flexibility index (Phi) is 10.7. The predicted molar refractivity (Wildman–Crippen MR) is 164 cm³/mol. The minimum atomic E-state index is -4.75. The third kappa shape index (κ3) is 8.63. The summed E-state index contributed by atoms with van der Waals surface area (Å²) < 4.78 is 44.8. The molecule has 4 rings (SSSR count). The molecule has 44 heavy (non-hydrogen) atoms. The molecule has 3 aromatic rings. The quantitative estimate of drug-likeness (QED) is 0.167. The SMILES string of the molecule is CCCOc1ccc(NC(=O)C2CC(=O)N(CCNc3ccc(C(F)(F)F)cc3[N+](=O)[O-])C(=Nc3ccc(Cl)cc3)S2)cc1. The molecule has 1 aliphatic rings. The first-order valence-electron chi connectivity index (χ1n) is 13.4. The Bertz CT molecular complexity index is 1540. The molecule has 1 fully saturated rings. The number of hydrogen-bond donors (Lipinski definition) is 2. The largest absolute Gasteiger partial charge is 0.494 e. The normalized spacial score (nSPS) is 16.1. The molecule has 2 amide bonds. The molecule has 0 aromatic heterocycles. The van der Waals surface area contributed by atoms with Crippen LogP contribution in [0.3, 0.4) is 0 Å². The fourth-order valence-electron chi connectivity index (χ4n) is 4.08. The van der Waals surface area contributed by atoms with Gasteiger partial charge >= 0.3 is 6.18 Å². The standard InChI is InChI=1S/C29H27ClF3N5O5S/c1-2-15-43-22-10-8-20(9-11-22)35-27(40)25-17-26(39)37(28(44-25)36-21-6-4-19(30)5-7-21)14-13-34-23-12-3-18(29(31,32)33)16-24(23)38(41)42/h3-12,16,25,34H,2,13-15,17H2,1H3,(H,35,40). The van der Waals surface area contributed by atoms with Crippen molar-refractivity contribution in [2.75, 3.05) is 30.3 Å². The highest BCUT2D eigenvalue weighted by atomic mass is 35.5. The highest BCUT2D eigenvalue weighted by molar-refractivity contribution is 8.15. The van der Waals surface area contributed by atoms with Gasteiger partial charge in [-0.25, -0.2) is 4.99 Å². The molecular weight excluding hydrogens is 623 g/mol. The van der Waals surface area contributed by atoms with Crippen LogP contribution in [0.2, 0.25) is 5.02 Å². The van der Waals surface area contributed by atoms with E-state index in [0.717, 1.165) is 30.3 Å². The summed E-state index contributed by atoms with van der Waals surface area (Å²) in [5.74, 6) is -0.175. The van der Waals surface area contributed by atoms with Crippen molar-refractivity contribution in [3.8, 4) is 5.75 Å². The van der Waals surface area contributed by atoms with E-state index in [1.807, 2.05) is 6.92 Å². The number of amides is 2. The zero-order chi connectivity index (χ0) is 31.9. The van der Waals surface area contributed by atoms with E-state index in [1.165, 1.54) is 4.90 Å². The number of anilines is 2. The smallest absolute Gasteiger partial charge is 0.416 e. The molecule has 1 heterocycles. The number of benzene rings is 3. The van der Waals surface area contributed by atoms with Crippen molar-refractivity contribution >= 4 is 63.1 Å². The molecule has 1 atom stereocenters. The first kappa shape index (κ1) is 32.6. The molecule has 232 valence electrons. The van der Waals surface area contributed by atoms with Crippen LogP contribution in [0.1, 0.15) is 25.3 Å². The van der Waals surface area contributed by atoms with Gasteiger partial charge in [-0.3, -0.25) is 24.6 Å². The molecule has 0 saturated carbocycles. The van der Waals surface area contributed by atoms with Crippen molar-refractivity contribution < 1.29 is 32.4 Å². The molecule has 2 N–H and O–H groups in total. The van der Waals surface area contributed by atoms with Gasteiger partial charge in [-0.1, -0.05) is 30.3 Å². The highest BCUT2D eigenvalue weighted by Gasteiger charge is 2.36. The van der Waals surface area contributed by atoms with Crippen LogP contribution in [-0.4, -0.2) is 51.8 Å². The number of halogens is 4. The van der Waals surface area contributed by atoms with Gasteiger partial charge in [0.1, 0.15) is 16.7 Å². The maximum Gasteiger partial charge on any atom is 0.416 e. The molecule has 15 heteroatoms. The van der Waals surface area contributed by atoms with Crippen LogP contribution in [0.25, 0.3) is 0 Å². The fourth-order valence-corrected chi connectivity index (χ4v) is 5.33. The van der Waals surface area contributed by atoms with Crippen molar-refractivity contribution in [3.05, 3.63) is 87.4 Å². The zero-order valence-corrected chi connectivity index (χ0v) is 24.8. The average Bonchev–Trinajstić information content (AvgIpc) is 2.98. The monoisotopic (exact) mass is 649 g/mol. The molecule has 0 spiro atoms.